The van der Waals surface area contributed by atoms with Crippen LogP contribution in [-0.4, -0.2) is 9.97 Å². The van der Waals surface area contributed by atoms with E-state index in [1.807, 2.05) is 13.0 Å². The van der Waals surface area contributed by atoms with Crippen molar-refractivity contribution in [2.45, 2.75) is 19.9 Å². The molecule has 1 unspecified atom stereocenters. The summed E-state index contributed by atoms with van der Waals surface area (Å²) in [5.41, 5.74) is 12.5. The van der Waals surface area contributed by atoms with Gasteiger partial charge in [0.25, 0.3) is 0 Å². The van der Waals surface area contributed by atoms with Gasteiger partial charge in [-0.15, -0.1) is 0 Å². The van der Waals surface area contributed by atoms with Gasteiger partial charge in [-0.2, -0.15) is 9.97 Å². The van der Waals surface area contributed by atoms with Crippen molar-refractivity contribution in [1.82, 2.24) is 9.97 Å². The molecule has 1 atom stereocenters. The Morgan fingerprint density at radius 2 is 1.95 bits per heavy atom. The highest BCUT2D eigenvalue weighted by molar-refractivity contribution is 5.49. The number of halogens is 1. The maximum Gasteiger partial charge on any atom is 0.223 e. The molecule has 0 bridgehead atoms. The molecule has 6 heteroatoms. The highest BCUT2D eigenvalue weighted by atomic mass is 19.1. The van der Waals surface area contributed by atoms with E-state index in [0.29, 0.717) is 11.4 Å². The molecule has 5 nitrogen and oxygen atoms in total. The van der Waals surface area contributed by atoms with Crippen LogP contribution < -0.4 is 16.8 Å². The largest absolute Gasteiger partial charge is 0.383 e. The van der Waals surface area contributed by atoms with Crippen molar-refractivity contribution in [2.24, 2.45) is 0 Å². The van der Waals surface area contributed by atoms with Gasteiger partial charge in [0, 0.05) is 6.07 Å². The van der Waals surface area contributed by atoms with Gasteiger partial charge in [-0.3, -0.25) is 0 Å². The van der Waals surface area contributed by atoms with Crippen LogP contribution >= 0.6 is 0 Å². The molecule has 19 heavy (non-hydrogen) atoms. The number of nitrogens with one attached hydrogen (secondary N) is 1. The van der Waals surface area contributed by atoms with E-state index in [1.54, 1.807) is 19.1 Å². The van der Waals surface area contributed by atoms with Crippen molar-refractivity contribution >= 4 is 17.6 Å². The molecule has 0 amide bonds. The van der Waals surface area contributed by atoms with E-state index < -0.39 is 0 Å². The topological polar surface area (TPSA) is 89.8 Å². The monoisotopic (exact) mass is 261 g/mol. The molecule has 1 aromatic heterocycles. The summed E-state index contributed by atoms with van der Waals surface area (Å²) < 4.78 is 13.5. The van der Waals surface area contributed by atoms with E-state index in [4.69, 9.17) is 11.5 Å². The molecule has 0 saturated heterocycles. The summed E-state index contributed by atoms with van der Waals surface area (Å²) in [6, 6.07) is 6.57. The normalized spacial score (nSPS) is 12.2. The first-order chi connectivity index (χ1) is 8.95. The maximum absolute atomic E-state index is 13.5. The van der Waals surface area contributed by atoms with Crippen molar-refractivity contribution < 1.29 is 4.39 Å². The Kier molecular flexibility index (Phi) is 3.50. The molecule has 0 fully saturated rings. The number of aryl methyl sites for hydroxylation is 1. The van der Waals surface area contributed by atoms with Crippen LogP contribution in [0.3, 0.4) is 0 Å². The zero-order chi connectivity index (χ0) is 14.0. The second-order valence-electron chi connectivity index (χ2n) is 4.41. The lowest BCUT2D eigenvalue weighted by Crippen LogP contribution is -2.10. The van der Waals surface area contributed by atoms with Gasteiger partial charge in [0.05, 0.1) is 6.04 Å². The Hall–Kier alpha value is -2.37. The third-order valence-corrected chi connectivity index (χ3v) is 2.82. The summed E-state index contributed by atoms with van der Waals surface area (Å²) in [4.78, 5) is 7.81. The fourth-order valence-electron chi connectivity index (χ4n) is 1.74. The highest BCUT2D eigenvalue weighted by Crippen LogP contribution is 2.21. The van der Waals surface area contributed by atoms with E-state index in [1.165, 1.54) is 6.07 Å². The van der Waals surface area contributed by atoms with Crippen molar-refractivity contribution in [2.75, 3.05) is 16.8 Å². The van der Waals surface area contributed by atoms with Crippen LogP contribution in [0, 0.1) is 12.7 Å². The predicted molar refractivity (Wildman–Crippen MR) is 74.0 cm³/mol. The zero-order valence-corrected chi connectivity index (χ0v) is 10.8. The summed E-state index contributed by atoms with van der Waals surface area (Å²) in [5, 5.41) is 3.11. The number of hydrogen-bond donors (Lipinski definition) is 3. The smallest absolute Gasteiger partial charge is 0.223 e. The Bertz CT molecular complexity index is 579. The summed E-state index contributed by atoms with van der Waals surface area (Å²) in [7, 11) is 0. The molecule has 1 heterocycles. The number of nitrogens with two attached hydrogens (primary N) is 2. The molecule has 100 valence electrons. The molecular weight excluding hydrogens is 245 g/mol. The summed E-state index contributed by atoms with van der Waals surface area (Å²) in [5.74, 6) is 0.674. The lowest BCUT2D eigenvalue weighted by atomic mass is 10.1. The summed E-state index contributed by atoms with van der Waals surface area (Å²) >= 11 is 0. The molecular formula is C13H16FN5. The minimum absolute atomic E-state index is 0.102. The SMILES string of the molecule is Cc1ccc(C(C)Nc2cc(N)nc(N)n2)cc1F. The molecule has 0 spiro atoms. The van der Waals surface area contributed by atoms with Crippen LogP contribution in [0.5, 0.6) is 0 Å². The fourth-order valence-corrected chi connectivity index (χ4v) is 1.74. The maximum atomic E-state index is 13.5. The molecule has 0 aliphatic carbocycles. The van der Waals surface area contributed by atoms with Gasteiger partial charge < -0.3 is 16.8 Å². The number of aromatic nitrogens is 2. The van der Waals surface area contributed by atoms with Crippen molar-refractivity contribution in [3.8, 4) is 0 Å². The number of benzene rings is 1. The summed E-state index contributed by atoms with van der Waals surface area (Å²) in [6.45, 7) is 3.63. The Labute approximate surface area is 110 Å². The first kappa shape index (κ1) is 13.1. The molecule has 2 aromatic rings. The van der Waals surface area contributed by atoms with Crippen molar-refractivity contribution in [1.29, 1.82) is 0 Å². The van der Waals surface area contributed by atoms with Crippen LogP contribution in [0.1, 0.15) is 24.1 Å². The van der Waals surface area contributed by atoms with Gasteiger partial charge in [0.1, 0.15) is 17.5 Å². The minimum atomic E-state index is -0.229. The standard InChI is InChI=1S/C13H16FN5/c1-7-3-4-9(5-10(7)14)8(2)17-12-6-11(15)18-13(16)19-12/h3-6,8H,1-2H3,(H5,15,16,17,18,19). The zero-order valence-electron chi connectivity index (χ0n) is 10.8. The number of nitrogens with zero attached hydrogens (tertiary/aromatic N) is 2. The van der Waals surface area contributed by atoms with E-state index in [-0.39, 0.29) is 23.6 Å². The molecule has 5 N–H and O–H groups in total. The van der Waals surface area contributed by atoms with Gasteiger partial charge >= 0.3 is 0 Å². The third-order valence-electron chi connectivity index (χ3n) is 2.82. The molecule has 1 aromatic carbocycles. The van der Waals surface area contributed by atoms with E-state index >= 15 is 0 Å². The number of anilines is 3. The van der Waals surface area contributed by atoms with Gasteiger partial charge in [-0.05, 0) is 31.0 Å². The second-order valence-corrected chi connectivity index (χ2v) is 4.41. The number of rotatable bonds is 3. The molecule has 0 radical (unpaired) electrons. The van der Waals surface area contributed by atoms with Crippen molar-refractivity contribution in [3.63, 3.8) is 0 Å². The van der Waals surface area contributed by atoms with Crippen LogP contribution in [0.25, 0.3) is 0 Å². The number of nitrogen functional groups attached to an aromatic ring is 2. The van der Waals surface area contributed by atoms with E-state index in [2.05, 4.69) is 15.3 Å². The van der Waals surface area contributed by atoms with Gasteiger partial charge in [-0.1, -0.05) is 12.1 Å². The highest BCUT2D eigenvalue weighted by Gasteiger charge is 2.09. The first-order valence-corrected chi connectivity index (χ1v) is 5.88. The molecule has 0 aliphatic heterocycles. The van der Waals surface area contributed by atoms with Gasteiger partial charge in [-0.25, -0.2) is 4.39 Å². The van der Waals surface area contributed by atoms with Crippen LogP contribution in [0.15, 0.2) is 24.3 Å². The third kappa shape index (κ3) is 3.09. The second kappa shape index (κ2) is 5.09. The summed E-state index contributed by atoms with van der Waals surface area (Å²) in [6.07, 6.45) is 0. The Morgan fingerprint density at radius 3 is 2.58 bits per heavy atom. The Balaban J connectivity index is 2.20. The minimum Gasteiger partial charge on any atom is -0.383 e. The van der Waals surface area contributed by atoms with Crippen LogP contribution in [-0.2, 0) is 0 Å². The predicted octanol–water partition coefficient (Wildman–Crippen LogP) is 2.26. The van der Waals surface area contributed by atoms with Crippen LogP contribution in [0.4, 0.5) is 22.0 Å². The Morgan fingerprint density at radius 1 is 1.21 bits per heavy atom. The van der Waals surface area contributed by atoms with E-state index in [9.17, 15) is 4.39 Å². The lowest BCUT2D eigenvalue weighted by Gasteiger charge is -2.16. The molecule has 0 aliphatic rings. The first-order valence-electron chi connectivity index (χ1n) is 5.88. The quantitative estimate of drug-likeness (QED) is 0.788. The average molecular weight is 261 g/mol. The van der Waals surface area contributed by atoms with E-state index in [0.717, 1.165) is 5.56 Å². The average Bonchev–Trinajstić information content (AvgIpc) is 2.31. The van der Waals surface area contributed by atoms with Crippen LogP contribution in [0.2, 0.25) is 0 Å². The fraction of sp³-hybridized carbons (Fsp3) is 0.231. The van der Waals surface area contributed by atoms with Gasteiger partial charge in [0.15, 0.2) is 0 Å². The van der Waals surface area contributed by atoms with Crippen molar-refractivity contribution in [3.05, 3.63) is 41.2 Å². The molecule has 0 saturated carbocycles. The number of hydrogen-bond acceptors (Lipinski definition) is 5. The van der Waals surface area contributed by atoms with Gasteiger partial charge in [0.2, 0.25) is 5.95 Å². The molecule has 2 rings (SSSR count). The lowest BCUT2D eigenvalue weighted by molar-refractivity contribution is 0.614.